The van der Waals surface area contributed by atoms with Gasteiger partial charge in [-0.25, -0.2) is 4.39 Å². The number of hydrogen-bond acceptors (Lipinski definition) is 3. The Morgan fingerprint density at radius 2 is 1.94 bits per heavy atom. The summed E-state index contributed by atoms with van der Waals surface area (Å²) >= 11 is 0. The van der Waals surface area contributed by atoms with E-state index in [1.807, 2.05) is 6.92 Å². The molecule has 0 amide bonds. The quantitative estimate of drug-likeness (QED) is 0.742. The van der Waals surface area contributed by atoms with Crippen LogP contribution in [0.3, 0.4) is 0 Å². The van der Waals surface area contributed by atoms with Gasteiger partial charge in [0.05, 0.1) is 14.2 Å². The second-order valence-corrected chi connectivity index (χ2v) is 3.96. The lowest BCUT2D eigenvalue weighted by molar-refractivity contribution is -0.108. The van der Waals surface area contributed by atoms with Gasteiger partial charge in [-0.1, -0.05) is 6.92 Å². The van der Waals surface area contributed by atoms with Gasteiger partial charge in [0.2, 0.25) is 0 Å². The molecule has 1 unspecified atom stereocenters. The smallest absolute Gasteiger partial charge is 0.197 e. The second kappa shape index (κ2) is 5.66. The molecule has 4 heteroatoms. The molecule has 0 aliphatic carbocycles. The van der Waals surface area contributed by atoms with Gasteiger partial charge in [-0.05, 0) is 24.5 Å². The zero-order chi connectivity index (χ0) is 13.0. The molecule has 0 spiro atoms. The van der Waals surface area contributed by atoms with Crippen molar-refractivity contribution in [2.24, 2.45) is 0 Å². The number of halogens is 1. The third-order valence-corrected chi connectivity index (χ3v) is 2.79. The van der Waals surface area contributed by atoms with Crippen molar-refractivity contribution in [3.63, 3.8) is 0 Å². The van der Waals surface area contributed by atoms with Gasteiger partial charge in [0, 0.05) is 12.0 Å². The summed E-state index contributed by atoms with van der Waals surface area (Å²) < 4.78 is 23.9. The number of methoxy groups -OCH3 is 2. The summed E-state index contributed by atoms with van der Waals surface area (Å²) in [5, 5.41) is 0. The maximum Gasteiger partial charge on any atom is 0.197 e. The molecule has 1 rings (SSSR count). The average Bonchev–Trinajstić information content (AvgIpc) is 2.28. The van der Waals surface area contributed by atoms with Gasteiger partial charge in [-0.2, -0.15) is 0 Å². The van der Waals surface area contributed by atoms with E-state index in [0.29, 0.717) is 12.2 Å². The monoisotopic (exact) mass is 240 g/mol. The molecule has 0 aliphatic rings. The Morgan fingerprint density at radius 3 is 2.41 bits per heavy atom. The summed E-state index contributed by atoms with van der Waals surface area (Å²) in [4.78, 5) is 10.6. The molecule has 3 nitrogen and oxygen atoms in total. The van der Waals surface area contributed by atoms with E-state index in [4.69, 9.17) is 9.47 Å². The highest BCUT2D eigenvalue weighted by atomic mass is 19.1. The van der Waals surface area contributed by atoms with Gasteiger partial charge >= 0.3 is 0 Å². The summed E-state index contributed by atoms with van der Waals surface area (Å²) in [5.74, 6) is -0.0222. The van der Waals surface area contributed by atoms with Crippen LogP contribution in [0.4, 0.5) is 4.39 Å². The number of aldehydes is 1. The molecule has 0 bridgehead atoms. The predicted molar refractivity (Wildman–Crippen MR) is 63.3 cm³/mol. The first-order valence-corrected chi connectivity index (χ1v) is 5.41. The highest BCUT2D eigenvalue weighted by molar-refractivity contribution is 5.57. The minimum absolute atomic E-state index is 0.0306. The van der Waals surface area contributed by atoms with Crippen LogP contribution < -0.4 is 9.47 Å². The normalized spacial score (nSPS) is 12.1. The van der Waals surface area contributed by atoms with Gasteiger partial charge in [-0.15, -0.1) is 0 Å². The van der Waals surface area contributed by atoms with Crippen LogP contribution in [-0.4, -0.2) is 20.5 Å². The Hall–Kier alpha value is -1.58. The number of rotatable bonds is 5. The Labute approximate surface area is 101 Å². The lowest BCUT2D eigenvalue weighted by Crippen LogP contribution is -2.05. The maximum atomic E-state index is 13.7. The molecule has 0 radical (unpaired) electrons. The van der Waals surface area contributed by atoms with Crippen molar-refractivity contribution in [1.82, 2.24) is 0 Å². The van der Waals surface area contributed by atoms with Crippen molar-refractivity contribution in [2.45, 2.75) is 26.2 Å². The molecule has 94 valence electrons. The lowest BCUT2D eigenvalue weighted by Gasteiger charge is -2.19. The van der Waals surface area contributed by atoms with Gasteiger partial charge in [0.15, 0.2) is 17.3 Å². The van der Waals surface area contributed by atoms with Gasteiger partial charge in [0.25, 0.3) is 0 Å². The number of carbonyl (C=O) groups excluding carboxylic acids is 1. The van der Waals surface area contributed by atoms with E-state index in [-0.39, 0.29) is 11.7 Å². The zero-order valence-corrected chi connectivity index (χ0v) is 10.5. The van der Waals surface area contributed by atoms with E-state index in [1.165, 1.54) is 20.3 Å². The summed E-state index contributed by atoms with van der Waals surface area (Å²) in [5.41, 5.74) is 1.58. The van der Waals surface area contributed by atoms with Crippen LogP contribution >= 0.6 is 0 Å². The number of benzene rings is 1. The van der Waals surface area contributed by atoms with Crippen molar-refractivity contribution < 1.29 is 18.7 Å². The molecule has 0 N–H and O–H groups in total. The first-order valence-electron chi connectivity index (χ1n) is 5.41. The molecule has 0 aliphatic heterocycles. The molecule has 0 saturated carbocycles. The highest BCUT2D eigenvalue weighted by Gasteiger charge is 2.21. The van der Waals surface area contributed by atoms with Crippen LogP contribution in [0.25, 0.3) is 0 Å². The molecule has 0 heterocycles. The van der Waals surface area contributed by atoms with E-state index in [2.05, 4.69) is 0 Å². The molecule has 17 heavy (non-hydrogen) atoms. The van der Waals surface area contributed by atoms with Crippen LogP contribution in [-0.2, 0) is 4.79 Å². The minimum Gasteiger partial charge on any atom is -0.492 e. The SMILES string of the molecule is COc1c(F)cc(C)c(C(C)CC=O)c1OC. The number of hydrogen-bond donors (Lipinski definition) is 0. The van der Waals surface area contributed by atoms with Crippen molar-refractivity contribution in [3.8, 4) is 11.5 Å². The number of carbonyl (C=O) groups is 1. The molecule has 0 aromatic heterocycles. The van der Waals surface area contributed by atoms with Crippen molar-refractivity contribution in [3.05, 3.63) is 23.0 Å². The Kier molecular flexibility index (Phi) is 4.49. The molecular formula is C13H17FO3. The van der Waals surface area contributed by atoms with Crippen LogP contribution in [0.15, 0.2) is 6.07 Å². The van der Waals surface area contributed by atoms with Crippen molar-refractivity contribution in [2.75, 3.05) is 14.2 Å². The third kappa shape index (κ3) is 2.57. The van der Waals surface area contributed by atoms with Crippen LogP contribution in [0.5, 0.6) is 11.5 Å². The summed E-state index contributed by atoms with van der Waals surface area (Å²) in [7, 11) is 2.86. The second-order valence-electron chi connectivity index (χ2n) is 3.96. The zero-order valence-electron chi connectivity index (χ0n) is 10.5. The number of aryl methyl sites for hydroxylation is 1. The molecule has 1 aromatic carbocycles. The topological polar surface area (TPSA) is 35.5 Å². The molecular weight excluding hydrogens is 223 g/mol. The van der Waals surface area contributed by atoms with E-state index in [1.54, 1.807) is 6.92 Å². The van der Waals surface area contributed by atoms with Crippen molar-refractivity contribution >= 4 is 6.29 Å². The first kappa shape index (κ1) is 13.5. The van der Waals surface area contributed by atoms with Crippen LogP contribution in [0.2, 0.25) is 0 Å². The summed E-state index contributed by atoms with van der Waals surface area (Å²) in [6, 6.07) is 1.40. The molecule has 0 fully saturated rings. The lowest BCUT2D eigenvalue weighted by atomic mass is 9.92. The van der Waals surface area contributed by atoms with Crippen LogP contribution in [0, 0.1) is 12.7 Å². The fraction of sp³-hybridized carbons (Fsp3) is 0.462. The summed E-state index contributed by atoms with van der Waals surface area (Å²) in [6.07, 6.45) is 1.21. The fourth-order valence-corrected chi connectivity index (χ4v) is 2.01. The van der Waals surface area contributed by atoms with Crippen molar-refractivity contribution in [1.29, 1.82) is 0 Å². The largest absolute Gasteiger partial charge is 0.492 e. The molecule has 0 saturated heterocycles. The fourth-order valence-electron chi connectivity index (χ4n) is 2.01. The third-order valence-electron chi connectivity index (χ3n) is 2.79. The van der Waals surface area contributed by atoms with E-state index >= 15 is 0 Å². The van der Waals surface area contributed by atoms with Gasteiger partial charge in [-0.3, -0.25) is 0 Å². The van der Waals surface area contributed by atoms with Gasteiger partial charge in [0.1, 0.15) is 6.29 Å². The van der Waals surface area contributed by atoms with E-state index in [9.17, 15) is 9.18 Å². The summed E-state index contributed by atoms with van der Waals surface area (Å²) in [6.45, 7) is 3.69. The Morgan fingerprint density at radius 1 is 1.35 bits per heavy atom. The highest BCUT2D eigenvalue weighted by Crippen LogP contribution is 2.40. The standard InChI is InChI=1S/C13H17FO3/c1-8(5-6-15)11-9(2)7-10(14)12(16-3)13(11)17-4/h6-8H,5H2,1-4H3. The van der Waals surface area contributed by atoms with E-state index in [0.717, 1.165) is 17.4 Å². The predicted octanol–water partition coefficient (Wildman–Crippen LogP) is 2.84. The van der Waals surface area contributed by atoms with Gasteiger partial charge < -0.3 is 14.3 Å². The Balaban J connectivity index is 3.41. The first-order chi connectivity index (χ1) is 8.06. The Bertz CT molecular complexity index is 416. The molecule has 1 atom stereocenters. The minimum atomic E-state index is -0.455. The van der Waals surface area contributed by atoms with E-state index < -0.39 is 5.82 Å². The van der Waals surface area contributed by atoms with Crippen LogP contribution in [0.1, 0.15) is 30.4 Å². The number of ether oxygens (including phenoxy) is 2. The maximum absolute atomic E-state index is 13.7. The average molecular weight is 240 g/mol. The molecule has 1 aromatic rings.